The minimum atomic E-state index is -0.934. The number of rotatable bonds is 8. The van der Waals surface area contributed by atoms with Crippen LogP contribution < -0.4 is 4.90 Å². The third-order valence-electron chi connectivity index (χ3n) is 7.72. The Balaban J connectivity index is 1.36. The van der Waals surface area contributed by atoms with Crippen LogP contribution in [0.5, 0.6) is 0 Å². The van der Waals surface area contributed by atoms with Gasteiger partial charge >= 0.3 is 12.0 Å². The van der Waals surface area contributed by atoms with E-state index in [0.717, 1.165) is 48.9 Å². The maximum atomic E-state index is 13.4. The fraction of sp³-hybridized carbons (Fsp3) is 0.429. The summed E-state index contributed by atoms with van der Waals surface area (Å²) in [6, 6.07) is 19.0. The van der Waals surface area contributed by atoms with Crippen LogP contribution in [0.2, 0.25) is 0 Å². The second-order valence-corrected chi connectivity index (χ2v) is 10.1. The minimum Gasteiger partial charge on any atom is -0.481 e. The molecule has 3 atom stereocenters. The predicted molar refractivity (Wildman–Crippen MR) is 133 cm³/mol. The number of aliphatic carboxylic acids is 1. The third-order valence-corrected chi connectivity index (χ3v) is 7.72. The lowest BCUT2D eigenvalue weighted by atomic mass is 9.81. The number of nitrogens with zero attached hydrogens (tertiary/aromatic N) is 4. The van der Waals surface area contributed by atoms with Crippen LogP contribution in [0.25, 0.3) is 0 Å². The Hall–Kier alpha value is -3.68. The molecule has 8 heteroatoms. The van der Waals surface area contributed by atoms with Crippen LogP contribution >= 0.6 is 0 Å². The number of hydrogen-bond acceptors (Lipinski definition) is 6. The summed E-state index contributed by atoms with van der Waals surface area (Å²) in [7, 11) is 0. The van der Waals surface area contributed by atoms with Gasteiger partial charge in [0.2, 0.25) is 11.8 Å². The van der Waals surface area contributed by atoms with Gasteiger partial charge in [-0.3, -0.25) is 14.5 Å². The van der Waals surface area contributed by atoms with Gasteiger partial charge in [0, 0.05) is 24.4 Å². The van der Waals surface area contributed by atoms with Gasteiger partial charge in [-0.1, -0.05) is 60.1 Å². The summed E-state index contributed by atoms with van der Waals surface area (Å²) in [4.78, 5) is 28.8. The number of hydrogen-bond donors (Lipinski definition) is 1. The molecule has 2 aliphatic carbocycles. The molecular weight excluding hydrogens is 456 g/mol. The molecule has 2 saturated carbocycles. The lowest BCUT2D eigenvalue weighted by molar-refractivity contribution is -0.142. The van der Waals surface area contributed by atoms with Gasteiger partial charge in [-0.15, -0.1) is 5.10 Å². The molecule has 2 aromatic carbocycles. The average Bonchev–Trinajstić information content (AvgIpc) is 3.41. The van der Waals surface area contributed by atoms with E-state index in [1.54, 1.807) is 0 Å². The monoisotopic (exact) mass is 486 g/mol. The lowest BCUT2D eigenvalue weighted by Gasteiger charge is -2.47. The molecule has 36 heavy (non-hydrogen) atoms. The largest absolute Gasteiger partial charge is 0.481 e. The number of benzene rings is 2. The second-order valence-electron chi connectivity index (χ2n) is 10.1. The van der Waals surface area contributed by atoms with E-state index in [1.165, 1.54) is 0 Å². The van der Waals surface area contributed by atoms with Crippen molar-refractivity contribution < 1.29 is 19.1 Å². The molecule has 0 spiro atoms. The first kappa shape index (κ1) is 22.8. The molecule has 1 N–H and O–H groups in total. The molecule has 3 aromatic rings. The number of carbonyl (C=O) groups excluding carboxylic acids is 1. The third kappa shape index (κ3) is 4.25. The fourth-order valence-electron chi connectivity index (χ4n) is 6.09. The fourth-order valence-corrected chi connectivity index (χ4v) is 6.09. The highest BCUT2D eigenvalue weighted by molar-refractivity contribution is 5.82. The standard InChI is InChI=1S/C28H30N4O4/c33-25(15-16-26(34)35)31(19-13-14-19)27-20-9-4-5-11-22(20)32(23-12-6-10-21(23)27)28-30-29-24(36-28)17-18-7-2-1-3-8-18/h1-5,7-9,11,19,21,23,27H,6,10,12-17H2,(H,34,35)/t21-,23+,27?/m0/s1. The van der Waals surface area contributed by atoms with Crippen LogP contribution in [-0.4, -0.2) is 44.2 Å². The molecule has 8 nitrogen and oxygen atoms in total. The Labute approximate surface area is 209 Å². The summed E-state index contributed by atoms with van der Waals surface area (Å²) in [5.74, 6) is -0.190. The number of anilines is 2. The quantitative estimate of drug-likeness (QED) is 0.484. The number of aromatic nitrogens is 2. The SMILES string of the molecule is O=C(O)CCC(=O)N(C1CC1)C1c2ccccc2N(c2nnc(Cc3ccccc3)o2)[C@@H]2CCC[C@H]12. The second kappa shape index (κ2) is 9.41. The van der Waals surface area contributed by atoms with Crippen molar-refractivity contribution in [1.29, 1.82) is 0 Å². The maximum absolute atomic E-state index is 13.4. The molecule has 0 bridgehead atoms. The van der Waals surface area contributed by atoms with Crippen molar-refractivity contribution in [2.75, 3.05) is 4.90 Å². The van der Waals surface area contributed by atoms with E-state index in [2.05, 4.69) is 27.2 Å². The Bertz CT molecular complexity index is 1260. The van der Waals surface area contributed by atoms with Gasteiger partial charge in [-0.2, -0.15) is 0 Å². The highest BCUT2D eigenvalue weighted by atomic mass is 16.4. The minimum absolute atomic E-state index is 0.0398. The Morgan fingerprint density at radius 2 is 1.75 bits per heavy atom. The van der Waals surface area contributed by atoms with Gasteiger partial charge in [0.1, 0.15) is 0 Å². The normalized spacial score (nSPS) is 22.7. The molecule has 0 radical (unpaired) electrons. The number of para-hydroxylation sites is 1. The van der Waals surface area contributed by atoms with Crippen molar-refractivity contribution in [2.45, 2.75) is 69.5 Å². The topological polar surface area (TPSA) is 99.8 Å². The van der Waals surface area contributed by atoms with Crippen molar-refractivity contribution in [2.24, 2.45) is 5.92 Å². The van der Waals surface area contributed by atoms with Gasteiger partial charge < -0.3 is 14.4 Å². The first-order valence-electron chi connectivity index (χ1n) is 12.9. The molecule has 1 aromatic heterocycles. The molecule has 0 saturated heterocycles. The van der Waals surface area contributed by atoms with Crippen molar-refractivity contribution in [3.63, 3.8) is 0 Å². The molecule has 6 rings (SSSR count). The number of carboxylic acid groups (broad SMARTS) is 1. The zero-order chi connectivity index (χ0) is 24.6. The highest BCUT2D eigenvalue weighted by Crippen LogP contribution is 2.54. The molecule has 3 aliphatic rings. The summed E-state index contributed by atoms with van der Waals surface area (Å²) >= 11 is 0. The summed E-state index contributed by atoms with van der Waals surface area (Å²) in [5, 5.41) is 18.0. The van der Waals surface area contributed by atoms with Crippen LogP contribution in [0.3, 0.4) is 0 Å². The van der Waals surface area contributed by atoms with Gasteiger partial charge in [0.05, 0.1) is 24.6 Å². The van der Waals surface area contributed by atoms with E-state index >= 15 is 0 Å². The van der Waals surface area contributed by atoms with Crippen molar-refractivity contribution in [1.82, 2.24) is 15.1 Å². The molecule has 2 fully saturated rings. The number of carboxylic acids is 1. The van der Waals surface area contributed by atoms with Gasteiger partial charge in [-0.25, -0.2) is 0 Å². The Morgan fingerprint density at radius 3 is 2.53 bits per heavy atom. The summed E-state index contributed by atoms with van der Waals surface area (Å²) < 4.78 is 6.22. The van der Waals surface area contributed by atoms with E-state index in [4.69, 9.17) is 4.42 Å². The maximum Gasteiger partial charge on any atom is 0.323 e. The summed E-state index contributed by atoms with van der Waals surface area (Å²) in [6.45, 7) is 0. The zero-order valence-corrected chi connectivity index (χ0v) is 20.1. The first-order chi connectivity index (χ1) is 17.6. The molecule has 1 amide bonds. The number of amides is 1. The van der Waals surface area contributed by atoms with Crippen LogP contribution in [0, 0.1) is 5.92 Å². The van der Waals surface area contributed by atoms with Crippen molar-refractivity contribution >= 4 is 23.6 Å². The number of carbonyl (C=O) groups is 2. The lowest BCUT2D eigenvalue weighted by Crippen LogP contribution is -2.49. The molecular formula is C28H30N4O4. The van der Waals surface area contributed by atoms with Gasteiger partial charge in [0.25, 0.3) is 0 Å². The number of fused-ring (bicyclic) bond motifs is 2. The molecule has 186 valence electrons. The smallest absolute Gasteiger partial charge is 0.323 e. The van der Waals surface area contributed by atoms with Crippen LogP contribution in [-0.2, 0) is 16.0 Å². The van der Waals surface area contributed by atoms with Gasteiger partial charge in [-0.05, 0) is 42.9 Å². The van der Waals surface area contributed by atoms with E-state index < -0.39 is 5.97 Å². The first-order valence-corrected chi connectivity index (χ1v) is 12.9. The van der Waals surface area contributed by atoms with E-state index in [0.29, 0.717) is 18.3 Å². The van der Waals surface area contributed by atoms with Crippen molar-refractivity contribution in [3.05, 3.63) is 71.6 Å². The molecule has 1 unspecified atom stereocenters. The summed E-state index contributed by atoms with van der Waals surface area (Å²) in [6.07, 6.45) is 5.47. The molecule has 2 heterocycles. The van der Waals surface area contributed by atoms with Crippen LogP contribution in [0.4, 0.5) is 11.7 Å². The predicted octanol–water partition coefficient (Wildman–Crippen LogP) is 4.88. The van der Waals surface area contributed by atoms with E-state index in [9.17, 15) is 14.7 Å². The van der Waals surface area contributed by atoms with E-state index in [1.807, 2.05) is 47.4 Å². The van der Waals surface area contributed by atoms with E-state index in [-0.39, 0.29) is 42.8 Å². The summed E-state index contributed by atoms with van der Waals surface area (Å²) in [5.41, 5.74) is 3.20. The van der Waals surface area contributed by atoms with Crippen LogP contribution in [0.1, 0.15) is 68.0 Å². The van der Waals surface area contributed by atoms with Gasteiger partial charge in [0.15, 0.2) is 0 Å². The molecule has 1 aliphatic heterocycles. The van der Waals surface area contributed by atoms with Crippen molar-refractivity contribution in [3.8, 4) is 0 Å². The average molecular weight is 487 g/mol. The highest BCUT2D eigenvalue weighted by Gasteiger charge is 2.51. The van der Waals surface area contributed by atoms with Crippen LogP contribution in [0.15, 0.2) is 59.0 Å². The zero-order valence-electron chi connectivity index (χ0n) is 20.1. The Morgan fingerprint density at radius 1 is 0.972 bits per heavy atom. The Kier molecular flexibility index (Phi) is 5.95.